The Morgan fingerprint density at radius 3 is 2.50 bits per heavy atom. The van der Waals surface area contributed by atoms with E-state index in [1.165, 1.54) is 0 Å². The molecule has 0 amide bonds. The molecular weight excluding hydrogens is 350 g/mol. The predicted octanol–water partition coefficient (Wildman–Crippen LogP) is 2.91. The molecule has 3 heterocycles. The molecule has 0 spiro atoms. The van der Waals surface area contributed by atoms with Crippen molar-refractivity contribution in [1.82, 2.24) is 14.5 Å². The molecule has 6 nitrogen and oxygen atoms in total. The van der Waals surface area contributed by atoms with Crippen molar-refractivity contribution in [3.8, 4) is 5.95 Å². The number of para-hydroxylation sites is 1. The van der Waals surface area contributed by atoms with Gasteiger partial charge in [-0.1, -0.05) is 17.1 Å². The molecule has 5 rings (SSSR count). The number of benzene rings is 2. The van der Waals surface area contributed by atoms with Crippen molar-refractivity contribution in [1.29, 1.82) is 0 Å². The van der Waals surface area contributed by atoms with Crippen molar-refractivity contribution in [3.05, 3.63) is 71.1 Å². The summed E-state index contributed by atoms with van der Waals surface area (Å²) in [5.41, 5.74) is 4.40. The van der Waals surface area contributed by atoms with E-state index in [4.69, 9.17) is 4.98 Å². The van der Waals surface area contributed by atoms with Gasteiger partial charge in [0.25, 0.3) is 0 Å². The second kappa shape index (κ2) is 5.92. The molecule has 3 aromatic heterocycles. The van der Waals surface area contributed by atoms with Gasteiger partial charge in [0.05, 0.1) is 30.3 Å². The summed E-state index contributed by atoms with van der Waals surface area (Å²) in [6.45, 7) is 0. The fraction of sp³-hybridized carbons (Fsp3) is 0.136. The second-order valence-electron chi connectivity index (χ2n) is 7.18. The number of aromatic nitrogens is 4. The predicted molar refractivity (Wildman–Crippen MR) is 112 cm³/mol. The average Bonchev–Trinajstić information content (AvgIpc) is 3.04. The number of aromatic amines is 1. The Balaban J connectivity index is 1.81. The topological polar surface area (TPSA) is 57.8 Å². The Labute approximate surface area is 161 Å². The van der Waals surface area contributed by atoms with Crippen LogP contribution in [0.25, 0.3) is 38.8 Å². The van der Waals surface area contributed by atoms with Crippen molar-refractivity contribution >= 4 is 38.5 Å². The van der Waals surface area contributed by atoms with Crippen molar-refractivity contribution in [3.63, 3.8) is 0 Å². The number of fused-ring (bicyclic) bond motifs is 4. The van der Waals surface area contributed by atoms with Gasteiger partial charge >= 0.3 is 5.95 Å². The minimum Gasteiger partial charge on any atom is -0.377 e. The quantitative estimate of drug-likeness (QED) is 0.384. The molecule has 138 valence electrons. The SMILES string of the molecule is CN(C)c1cc[n+](-c2nc3c4c(=O)c5ccccc5[nH]c4ccc3n2C)cc1. The van der Waals surface area contributed by atoms with E-state index in [1.54, 1.807) is 0 Å². The molecule has 0 unspecified atom stereocenters. The minimum atomic E-state index is 0.00700. The van der Waals surface area contributed by atoms with Gasteiger partial charge < -0.3 is 9.88 Å². The third-order valence-corrected chi connectivity index (χ3v) is 5.26. The molecule has 0 saturated heterocycles. The number of pyridine rings is 2. The molecule has 0 fully saturated rings. The van der Waals surface area contributed by atoms with Crippen LogP contribution in [0.15, 0.2) is 65.7 Å². The largest absolute Gasteiger partial charge is 0.404 e. The Kier molecular flexibility index (Phi) is 3.49. The minimum absolute atomic E-state index is 0.00700. The number of anilines is 1. The van der Waals surface area contributed by atoms with Gasteiger partial charge in [-0.05, 0) is 36.4 Å². The number of aryl methyl sites for hydroxylation is 1. The molecule has 0 bridgehead atoms. The van der Waals surface area contributed by atoms with Gasteiger partial charge in [0.1, 0.15) is 5.52 Å². The van der Waals surface area contributed by atoms with E-state index in [2.05, 4.69) is 9.88 Å². The highest BCUT2D eigenvalue weighted by Crippen LogP contribution is 2.24. The lowest BCUT2D eigenvalue weighted by Gasteiger charge is -2.11. The molecule has 0 atom stereocenters. The van der Waals surface area contributed by atoms with Gasteiger partial charge in [-0.2, -0.15) is 0 Å². The first-order valence-electron chi connectivity index (χ1n) is 9.14. The zero-order valence-electron chi connectivity index (χ0n) is 16.0. The van der Waals surface area contributed by atoms with Crippen molar-refractivity contribution in [2.45, 2.75) is 0 Å². The Morgan fingerprint density at radius 2 is 1.75 bits per heavy atom. The lowest BCUT2D eigenvalue weighted by Crippen LogP contribution is -2.33. The number of hydrogen-bond acceptors (Lipinski definition) is 3. The number of H-pyrrole nitrogens is 1. The highest BCUT2D eigenvalue weighted by Gasteiger charge is 2.22. The number of rotatable bonds is 2. The summed E-state index contributed by atoms with van der Waals surface area (Å²) in [4.78, 5) is 23.5. The number of nitrogens with one attached hydrogen (secondary N) is 1. The summed E-state index contributed by atoms with van der Waals surface area (Å²) in [5.74, 6) is 0.764. The maximum absolute atomic E-state index is 13.2. The van der Waals surface area contributed by atoms with E-state index < -0.39 is 0 Å². The van der Waals surface area contributed by atoms with Gasteiger partial charge in [-0.3, -0.25) is 4.79 Å². The zero-order chi connectivity index (χ0) is 19.4. The molecule has 6 heteroatoms. The zero-order valence-corrected chi connectivity index (χ0v) is 16.0. The van der Waals surface area contributed by atoms with Gasteiger partial charge in [0.15, 0.2) is 5.52 Å². The maximum atomic E-state index is 13.2. The molecule has 0 saturated carbocycles. The molecule has 0 aliphatic rings. The third kappa shape index (κ3) is 2.31. The van der Waals surface area contributed by atoms with Crippen LogP contribution in [0, 0.1) is 0 Å². The summed E-state index contributed by atoms with van der Waals surface area (Å²) < 4.78 is 3.98. The van der Waals surface area contributed by atoms with Crippen molar-refractivity contribution in [2.75, 3.05) is 19.0 Å². The van der Waals surface area contributed by atoms with Crippen LogP contribution in [-0.4, -0.2) is 28.6 Å². The van der Waals surface area contributed by atoms with E-state index in [0.717, 1.165) is 28.2 Å². The average molecular weight is 370 g/mol. The molecule has 0 radical (unpaired) electrons. The number of hydrogen-bond donors (Lipinski definition) is 1. The summed E-state index contributed by atoms with van der Waals surface area (Å²) in [5, 5.41) is 1.31. The van der Waals surface area contributed by atoms with Crippen LogP contribution in [0.4, 0.5) is 5.69 Å². The van der Waals surface area contributed by atoms with Crippen LogP contribution < -0.4 is 14.9 Å². The Bertz CT molecular complexity index is 1410. The van der Waals surface area contributed by atoms with Gasteiger partial charge in [-0.25, -0.2) is 9.13 Å². The first-order chi connectivity index (χ1) is 13.5. The summed E-state index contributed by atoms with van der Waals surface area (Å²) >= 11 is 0. The Hall–Kier alpha value is -3.67. The summed E-state index contributed by atoms with van der Waals surface area (Å²) in [6, 6.07) is 15.6. The first kappa shape index (κ1) is 16.5. The van der Waals surface area contributed by atoms with Crippen LogP contribution in [0.2, 0.25) is 0 Å². The number of imidazole rings is 1. The summed E-state index contributed by atoms with van der Waals surface area (Å²) in [7, 11) is 5.99. The maximum Gasteiger partial charge on any atom is 0.404 e. The van der Waals surface area contributed by atoms with Crippen molar-refractivity contribution in [2.24, 2.45) is 7.05 Å². The van der Waals surface area contributed by atoms with E-state index in [0.29, 0.717) is 16.3 Å². The third-order valence-electron chi connectivity index (χ3n) is 5.26. The molecule has 5 aromatic rings. The molecule has 0 aliphatic heterocycles. The van der Waals surface area contributed by atoms with Crippen LogP contribution in [0.5, 0.6) is 0 Å². The monoisotopic (exact) mass is 370 g/mol. The highest BCUT2D eigenvalue weighted by molar-refractivity contribution is 6.06. The van der Waals surface area contributed by atoms with Gasteiger partial charge in [-0.15, -0.1) is 0 Å². The normalized spacial score (nSPS) is 11.5. The molecule has 1 N–H and O–H groups in total. The van der Waals surface area contributed by atoms with E-state index >= 15 is 0 Å². The second-order valence-corrected chi connectivity index (χ2v) is 7.18. The first-order valence-corrected chi connectivity index (χ1v) is 9.14. The van der Waals surface area contributed by atoms with Gasteiger partial charge in [0, 0.05) is 30.7 Å². The fourth-order valence-electron chi connectivity index (χ4n) is 3.73. The molecule has 0 aliphatic carbocycles. The summed E-state index contributed by atoms with van der Waals surface area (Å²) in [6.07, 6.45) is 3.97. The highest BCUT2D eigenvalue weighted by atomic mass is 16.1. The van der Waals surface area contributed by atoms with Crippen LogP contribution in [0.1, 0.15) is 0 Å². The Morgan fingerprint density at radius 1 is 1.00 bits per heavy atom. The fourth-order valence-corrected chi connectivity index (χ4v) is 3.73. The molecule has 28 heavy (non-hydrogen) atoms. The van der Waals surface area contributed by atoms with Crippen LogP contribution >= 0.6 is 0 Å². The van der Waals surface area contributed by atoms with Crippen molar-refractivity contribution < 1.29 is 4.57 Å². The molecule has 2 aromatic carbocycles. The van der Waals surface area contributed by atoms with Crippen LogP contribution in [-0.2, 0) is 7.05 Å². The van der Waals surface area contributed by atoms with E-state index in [-0.39, 0.29) is 5.43 Å². The smallest absolute Gasteiger partial charge is 0.377 e. The lowest BCUT2D eigenvalue weighted by atomic mass is 10.1. The van der Waals surface area contributed by atoms with E-state index in [9.17, 15) is 4.79 Å². The lowest BCUT2D eigenvalue weighted by molar-refractivity contribution is -0.604. The standard InChI is InChI=1S/C22H19N5O/c1-25(2)14-10-12-27(13-11-14)22-24-20-18(26(22)3)9-8-17-19(20)21(28)15-6-4-5-7-16(15)23-17/h4-13H,1-3H3/p+1. The molecular formula is C22H20N5O+. The van der Waals surface area contributed by atoms with E-state index in [1.807, 2.05) is 91.2 Å². The van der Waals surface area contributed by atoms with Gasteiger partial charge in [0.2, 0.25) is 5.43 Å². The van der Waals surface area contributed by atoms with Crippen LogP contribution in [0.3, 0.4) is 0 Å². The number of nitrogens with zero attached hydrogens (tertiary/aromatic N) is 4.